The molecule has 0 atom stereocenters. The zero-order valence-corrected chi connectivity index (χ0v) is 15.2. The van der Waals surface area contributed by atoms with Crippen molar-refractivity contribution in [3.05, 3.63) is 90.2 Å². The van der Waals surface area contributed by atoms with Crippen molar-refractivity contribution in [2.45, 2.75) is 4.90 Å². The highest BCUT2D eigenvalue weighted by Crippen LogP contribution is 2.22. The summed E-state index contributed by atoms with van der Waals surface area (Å²) in [4.78, 5) is 12.2. The van der Waals surface area contributed by atoms with E-state index in [9.17, 15) is 17.6 Å². The Labute approximate surface area is 156 Å². The summed E-state index contributed by atoms with van der Waals surface area (Å²) in [6, 6.07) is 19.1. The van der Waals surface area contributed by atoms with Gasteiger partial charge in [0.05, 0.1) is 16.1 Å². The molecule has 138 valence electrons. The Morgan fingerprint density at radius 1 is 0.889 bits per heavy atom. The van der Waals surface area contributed by atoms with Gasteiger partial charge in [0.2, 0.25) is 0 Å². The van der Waals surface area contributed by atoms with Crippen molar-refractivity contribution >= 4 is 21.7 Å². The molecule has 0 radical (unpaired) electrons. The lowest BCUT2D eigenvalue weighted by Crippen LogP contribution is -2.26. The number of esters is 1. The lowest BCUT2D eigenvalue weighted by Gasteiger charge is -2.19. The van der Waals surface area contributed by atoms with E-state index in [4.69, 9.17) is 4.74 Å². The standard InChI is InChI=1S/C20H16FNO4S/c1-22(17-5-3-2-4-6-17)27(24,25)19-13-7-15(8-14-19)20(23)26-18-11-9-16(21)10-12-18/h2-14H,1H3. The molecule has 5 nitrogen and oxygen atoms in total. The number of para-hydroxylation sites is 1. The van der Waals surface area contributed by atoms with Crippen molar-refractivity contribution in [2.24, 2.45) is 0 Å². The normalized spacial score (nSPS) is 11.0. The number of carbonyl (C=O) groups is 1. The summed E-state index contributed by atoms with van der Waals surface area (Å²) in [5.74, 6) is -0.907. The minimum Gasteiger partial charge on any atom is -0.423 e. The topological polar surface area (TPSA) is 63.7 Å². The number of hydrogen-bond donors (Lipinski definition) is 0. The first-order chi connectivity index (χ1) is 12.9. The van der Waals surface area contributed by atoms with Crippen LogP contribution in [0.2, 0.25) is 0 Å². The summed E-state index contributed by atoms with van der Waals surface area (Å²) in [5, 5.41) is 0. The van der Waals surface area contributed by atoms with Crippen molar-refractivity contribution < 1.29 is 22.3 Å². The Morgan fingerprint density at radius 3 is 2.07 bits per heavy atom. The van der Waals surface area contributed by atoms with Crippen molar-refractivity contribution in [3.63, 3.8) is 0 Å². The molecule has 3 rings (SSSR count). The molecule has 0 aliphatic rings. The lowest BCUT2D eigenvalue weighted by molar-refractivity contribution is 0.0734. The third-order valence-electron chi connectivity index (χ3n) is 3.89. The molecule has 0 aliphatic carbocycles. The first-order valence-corrected chi connectivity index (χ1v) is 9.44. The molecule has 0 saturated carbocycles. The number of rotatable bonds is 5. The van der Waals surface area contributed by atoms with Gasteiger partial charge in [0.15, 0.2) is 0 Å². The fraction of sp³-hybridized carbons (Fsp3) is 0.0500. The highest BCUT2D eigenvalue weighted by Gasteiger charge is 2.21. The van der Waals surface area contributed by atoms with E-state index >= 15 is 0 Å². The SMILES string of the molecule is CN(c1ccccc1)S(=O)(=O)c1ccc(C(=O)Oc2ccc(F)cc2)cc1. The fourth-order valence-corrected chi connectivity index (χ4v) is 3.56. The molecule has 0 spiro atoms. The highest BCUT2D eigenvalue weighted by atomic mass is 32.2. The minimum atomic E-state index is -3.76. The van der Waals surface area contributed by atoms with Gasteiger partial charge in [-0.2, -0.15) is 0 Å². The van der Waals surface area contributed by atoms with Gasteiger partial charge in [-0.3, -0.25) is 4.31 Å². The maximum atomic E-state index is 12.9. The van der Waals surface area contributed by atoms with Crippen LogP contribution in [0.1, 0.15) is 10.4 Å². The largest absolute Gasteiger partial charge is 0.423 e. The lowest BCUT2D eigenvalue weighted by atomic mass is 10.2. The number of sulfonamides is 1. The molecule has 0 unspecified atom stereocenters. The molecule has 3 aromatic carbocycles. The van der Waals surface area contributed by atoms with Crippen LogP contribution < -0.4 is 9.04 Å². The second kappa shape index (κ2) is 7.59. The number of hydrogen-bond acceptors (Lipinski definition) is 4. The van der Waals surface area contributed by atoms with Gasteiger partial charge in [0, 0.05) is 7.05 Å². The second-order valence-corrected chi connectivity index (χ2v) is 7.65. The third kappa shape index (κ3) is 4.15. The Morgan fingerprint density at radius 2 is 1.48 bits per heavy atom. The molecule has 7 heteroatoms. The van der Waals surface area contributed by atoms with Crippen LogP contribution in [0.5, 0.6) is 5.75 Å². The minimum absolute atomic E-state index is 0.0483. The summed E-state index contributed by atoms with van der Waals surface area (Å²) >= 11 is 0. The maximum Gasteiger partial charge on any atom is 0.343 e. The van der Waals surface area contributed by atoms with Gasteiger partial charge in [-0.15, -0.1) is 0 Å². The number of nitrogens with zero attached hydrogens (tertiary/aromatic N) is 1. The van der Waals surface area contributed by atoms with Crippen molar-refractivity contribution in [3.8, 4) is 5.75 Å². The number of carbonyl (C=O) groups excluding carboxylic acids is 1. The van der Waals surface area contributed by atoms with Gasteiger partial charge in [0.1, 0.15) is 11.6 Å². The quantitative estimate of drug-likeness (QED) is 0.494. The molecule has 0 fully saturated rings. The van der Waals surface area contributed by atoms with E-state index < -0.39 is 21.8 Å². The summed E-state index contributed by atoms with van der Waals surface area (Å²) in [7, 11) is -2.30. The van der Waals surface area contributed by atoms with E-state index in [1.807, 2.05) is 0 Å². The molecule has 27 heavy (non-hydrogen) atoms. The van der Waals surface area contributed by atoms with Crippen LogP contribution in [0.25, 0.3) is 0 Å². The molecule has 0 aliphatic heterocycles. The summed E-state index contributed by atoms with van der Waals surface area (Å²) < 4.78 is 44.6. The van der Waals surface area contributed by atoms with E-state index in [1.165, 1.54) is 59.9 Å². The predicted molar refractivity (Wildman–Crippen MR) is 99.8 cm³/mol. The molecule has 3 aromatic rings. The molecule has 0 saturated heterocycles. The number of benzene rings is 3. The van der Waals surface area contributed by atoms with E-state index in [-0.39, 0.29) is 16.2 Å². The van der Waals surface area contributed by atoms with E-state index in [1.54, 1.807) is 30.3 Å². The van der Waals surface area contributed by atoms with Crippen LogP contribution in [0.4, 0.5) is 10.1 Å². The molecule has 0 bridgehead atoms. The summed E-state index contributed by atoms with van der Waals surface area (Å²) in [6.07, 6.45) is 0. The number of ether oxygens (including phenoxy) is 1. The molecule has 0 heterocycles. The van der Waals surface area contributed by atoms with Crippen LogP contribution in [0.3, 0.4) is 0 Å². The van der Waals surface area contributed by atoms with Gasteiger partial charge in [-0.25, -0.2) is 17.6 Å². The van der Waals surface area contributed by atoms with Crippen LogP contribution in [0, 0.1) is 5.82 Å². The Hall–Kier alpha value is -3.19. The van der Waals surface area contributed by atoms with Crippen molar-refractivity contribution in [2.75, 3.05) is 11.4 Å². The van der Waals surface area contributed by atoms with E-state index in [0.717, 1.165) is 0 Å². The van der Waals surface area contributed by atoms with Crippen molar-refractivity contribution in [1.82, 2.24) is 0 Å². The van der Waals surface area contributed by atoms with Crippen molar-refractivity contribution in [1.29, 1.82) is 0 Å². The Bertz CT molecular complexity index is 1030. The van der Waals surface area contributed by atoms with Crippen LogP contribution in [-0.2, 0) is 10.0 Å². The first-order valence-electron chi connectivity index (χ1n) is 8.00. The smallest absolute Gasteiger partial charge is 0.343 e. The summed E-state index contributed by atoms with van der Waals surface area (Å²) in [5.41, 5.74) is 0.706. The number of anilines is 1. The average molecular weight is 385 g/mol. The maximum absolute atomic E-state index is 12.9. The van der Waals surface area contributed by atoms with Gasteiger partial charge in [0.25, 0.3) is 10.0 Å². The predicted octanol–water partition coefficient (Wildman–Crippen LogP) is 3.87. The molecule has 0 aromatic heterocycles. The fourth-order valence-electron chi connectivity index (χ4n) is 2.37. The Balaban J connectivity index is 1.78. The molecular formula is C20H16FNO4S. The highest BCUT2D eigenvalue weighted by molar-refractivity contribution is 7.92. The van der Waals surface area contributed by atoms with Crippen LogP contribution in [0.15, 0.2) is 83.8 Å². The second-order valence-electron chi connectivity index (χ2n) is 5.68. The van der Waals surface area contributed by atoms with Crippen LogP contribution >= 0.6 is 0 Å². The zero-order valence-electron chi connectivity index (χ0n) is 14.4. The molecular weight excluding hydrogens is 369 g/mol. The van der Waals surface area contributed by atoms with Gasteiger partial charge < -0.3 is 4.74 Å². The van der Waals surface area contributed by atoms with Crippen LogP contribution in [-0.4, -0.2) is 21.4 Å². The molecule has 0 N–H and O–H groups in total. The van der Waals surface area contributed by atoms with Gasteiger partial charge in [-0.1, -0.05) is 18.2 Å². The molecule has 0 amide bonds. The van der Waals surface area contributed by atoms with Gasteiger partial charge in [-0.05, 0) is 60.7 Å². The average Bonchev–Trinajstić information content (AvgIpc) is 2.70. The van der Waals surface area contributed by atoms with E-state index in [0.29, 0.717) is 5.69 Å². The number of halogens is 1. The van der Waals surface area contributed by atoms with E-state index in [2.05, 4.69) is 0 Å². The zero-order chi connectivity index (χ0) is 19.4. The monoisotopic (exact) mass is 385 g/mol. The van der Waals surface area contributed by atoms with Gasteiger partial charge >= 0.3 is 5.97 Å². The summed E-state index contributed by atoms with van der Waals surface area (Å²) in [6.45, 7) is 0. The first kappa shape index (κ1) is 18.6. The third-order valence-corrected chi connectivity index (χ3v) is 5.69. The Kier molecular flexibility index (Phi) is 5.23.